The topological polar surface area (TPSA) is 0 Å². The van der Waals surface area contributed by atoms with E-state index in [1.807, 2.05) is 72.8 Å². The van der Waals surface area contributed by atoms with Crippen LogP contribution >= 0.6 is 0 Å². The Balaban J connectivity index is 0.000000307. The number of allylic oxidation sites excluding steroid dienone is 8. The molecule has 0 saturated carbocycles. The zero-order valence-electron chi connectivity index (χ0n) is 15.0. The van der Waals surface area contributed by atoms with Gasteiger partial charge in [0.25, 0.3) is 0 Å². The van der Waals surface area contributed by atoms with Crippen LogP contribution in [-0.2, 0) is 21.7 Å². The molecule has 2 aliphatic rings. The van der Waals surface area contributed by atoms with Gasteiger partial charge < -0.3 is 0 Å². The van der Waals surface area contributed by atoms with Crippen molar-refractivity contribution in [2.24, 2.45) is 0 Å². The molecule has 0 N–H and O–H groups in total. The van der Waals surface area contributed by atoms with Crippen LogP contribution in [0.2, 0.25) is 0 Å². The minimum absolute atomic E-state index is 0. The van der Waals surface area contributed by atoms with E-state index in [1.165, 1.54) is 11.1 Å². The zero-order valence-corrected chi connectivity index (χ0v) is 16.6. The molecule has 2 aliphatic carbocycles. The molecular formula is C24H24Ti. The Labute approximate surface area is 168 Å². The van der Waals surface area contributed by atoms with Crippen molar-refractivity contribution in [1.29, 1.82) is 0 Å². The summed E-state index contributed by atoms with van der Waals surface area (Å²) in [5.41, 5.74) is 2.58. The predicted octanol–water partition coefficient (Wildman–Crippen LogP) is 6.20. The minimum Gasteiger partial charge on any atom is -0.273 e. The molecule has 0 amide bonds. The molecule has 0 saturated heterocycles. The molecule has 0 bridgehead atoms. The van der Waals surface area contributed by atoms with Gasteiger partial charge in [0.05, 0.1) is 0 Å². The third-order valence-electron chi connectivity index (χ3n) is 2.94. The van der Waals surface area contributed by atoms with E-state index in [0.29, 0.717) is 0 Å². The molecule has 2 aromatic carbocycles. The molecule has 0 unspecified atom stereocenters. The van der Waals surface area contributed by atoms with Crippen LogP contribution in [0, 0.1) is 38.1 Å². The average molecular weight is 360 g/mol. The van der Waals surface area contributed by atoms with Crippen LogP contribution in [0.25, 0.3) is 0 Å². The van der Waals surface area contributed by atoms with Crippen LogP contribution in [0.5, 0.6) is 0 Å². The monoisotopic (exact) mass is 360 g/mol. The second-order valence-corrected chi connectivity index (χ2v) is 5.16. The number of rotatable bonds is 0. The SMILES string of the molecule is Cc1cc[c-]cc1.Cc1cc[c-]cc1.[C-]1=CC=CC1.[C-]1=CC=CC1.[Ti+4]. The van der Waals surface area contributed by atoms with Gasteiger partial charge >= 0.3 is 21.7 Å². The van der Waals surface area contributed by atoms with Crippen molar-refractivity contribution in [1.82, 2.24) is 0 Å². The van der Waals surface area contributed by atoms with E-state index in [2.05, 4.69) is 50.3 Å². The summed E-state index contributed by atoms with van der Waals surface area (Å²) in [7, 11) is 0. The van der Waals surface area contributed by atoms with Gasteiger partial charge in [0.2, 0.25) is 0 Å². The van der Waals surface area contributed by atoms with E-state index >= 15 is 0 Å². The summed E-state index contributed by atoms with van der Waals surface area (Å²) in [5, 5.41) is 0. The van der Waals surface area contributed by atoms with Crippen LogP contribution in [0.15, 0.2) is 85.0 Å². The van der Waals surface area contributed by atoms with Gasteiger partial charge in [-0.15, -0.1) is 12.8 Å². The van der Waals surface area contributed by atoms with Crippen LogP contribution in [0.4, 0.5) is 0 Å². The first-order valence-electron chi connectivity index (χ1n) is 8.08. The first kappa shape index (κ1) is 23.1. The molecule has 4 rings (SSSR count). The van der Waals surface area contributed by atoms with Gasteiger partial charge in [-0.25, -0.2) is 24.3 Å². The number of hydrogen-bond acceptors (Lipinski definition) is 0. The summed E-state index contributed by atoms with van der Waals surface area (Å²) in [6.07, 6.45) is 20.0. The van der Waals surface area contributed by atoms with Gasteiger partial charge in [0.1, 0.15) is 0 Å². The summed E-state index contributed by atoms with van der Waals surface area (Å²) in [5.74, 6) is 0. The van der Waals surface area contributed by atoms with Gasteiger partial charge in [0, 0.05) is 0 Å². The molecule has 0 fully saturated rings. The van der Waals surface area contributed by atoms with Crippen molar-refractivity contribution in [3.8, 4) is 0 Å². The van der Waals surface area contributed by atoms with E-state index in [1.54, 1.807) is 0 Å². The molecular weight excluding hydrogens is 336 g/mol. The Morgan fingerprint density at radius 3 is 1.12 bits per heavy atom. The number of aryl methyl sites for hydroxylation is 2. The summed E-state index contributed by atoms with van der Waals surface area (Å²) < 4.78 is 0. The first-order chi connectivity index (χ1) is 11.8. The van der Waals surface area contributed by atoms with E-state index in [-0.39, 0.29) is 21.7 Å². The van der Waals surface area contributed by atoms with Gasteiger partial charge in [0.15, 0.2) is 0 Å². The average Bonchev–Trinajstić information content (AvgIpc) is 3.36. The largest absolute Gasteiger partial charge is 4.00 e. The van der Waals surface area contributed by atoms with Gasteiger partial charge in [-0.2, -0.15) is 83.9 Å². The first-order valence-corrected chi connectivity index (χ1v) is 8.08. The molecule has 0 radical (unpaired) electrons. The molecule has 0 aliphatic heterocycles. The Morgan fingerprint density at radius 1 is 0.640 bits per heavy atom. The molecule has 0 aromatic heterocycles. The normalized spacial score (nSPS) is 11.9. The third kappa shape index (κ3) is 15.4. The standard InChI is InChI=1S/2C7H7.2C5H5.Ti/c2*1-7-5-3-2-4-6-7;2*1-2-4-5-3-1;/h2*3-6H,1H3;2*1-3H,4H2;/q4*-1;+4. The third-order valence-corrected chi connectivity index (χ3v) is 2.94. The van der Waals surface area contributed by atoms with Gasteiger partial charge in [-0.3, -0.25) is 12.2 Å². The van der Waals surface area contributed by atoms with Crippen molar-refractivity contribution in [2.45, 2.75) is 26.7 Å². The second-order valence-electron chi connectivity index (χ2n) is 5.16. The number of benzene rings is 2. The summed E-state index contributed by atoms with van der Waals surface area (Å²) >= 11 is 0. The van der Waals surface area contributed by atoms with E-state index < -0.39 is 0 Å². The van der Waals surface area contributed by atoms with E-state index in [9.17, 15) is 0 Å². The minimum atomic E-state index is 0. The fraction of sp³-hybridized carbons (Fsp3) is 0.167. The summed E-state index contributed by atoms with van der Waals surface area (Å²) in [6.45, 7) is 4.13. The molecule has 25 heavy (non-hydrogen) atoms. The Kier molecular flexibility index (Phi) is 15.7. The van der Waals surface area contributed by atoms with E-state index in [4.69, 9.17) is 0 Å². The fourth-order valence-corrected chi connectivity index (χ4v) is 1.62. The quantitative estimate of drug-likeness (QED) is 0.388. The van der Waals surface area contributed by atoms with Crippen LogP contribution in [0.1, 0.15) is 24.0 Å². The Hall–Kier alpha value is -1.89. The molecule has 0 nitrogen and oxygen atoms in total. The van der Waals surface area contributed by atoms with Crippen molar-refractivity contribution in [3.05, 3.63) is 120 Å². The van der Waals surface area contributed by atoms with Crippen molar-refractivity contribution < 1.29 is 21.7 Å². The van der Waals surface area contributed by atoms with Gasteiger partial charge in [-0.1, -0.05) is 13.8 Å². The van der Waals surface area contributed by atoms with Crippen molar-refractivity contribution in [3.63, 3.8) is 0 Å². The molecule has 0 heterocycles. The molecule has 0 spiro atoms. The summed E-state index contributed by atoms with van der Waals surface area (Å²) in [6, 6.07) is 21.6. The predicted molar refractivity (Wildman–Crippen MR) is 103 cm³/mol. The zero-order chi connectivity index (χ0) is 17.3. The Bertz CT molecular complexity index is 555. The van der Waals surface area contributed by atoms with Gasteiger partial charge in [-0.05, 0) is 0 Å². The second kappa shape index (κ2) is 17.0. The Morgan fingerprint density at radius 2 is 1.00 bits per heavy atom. The van der Waals surface area contributed by atoms with Crippen LogP contribution in [0.3, 0.4) is 0 Å². The maximum Gasteiger partial charge on any atom is 4.00 e. The maximum absolute atomic E-state index is 2.99. The van der Waals surface area contributed by atoms with Crippen molar-refractivity contribution >= 4 is 0 Å². The number of hydrogen-bond donors (Lipinski definition) is 0. The molecule has 0 atom stereocenters. The molecule has 1 heteroatoms. The van der Waals surface area contributed by atoms with Crippen LogP contribution < -0.4 is 0 Å². The maximum atomic E-state index is 2.99. The van der Waals surface area contributed by atoms with E-state index in [0.717, 1.165) is 12.8 Å². The van der Waals surface area contributed by atoms with Crippen molar-refractivity contribution in [2.75, 3.05) is 0 Å². The fourth-order valence-electron chi connectivity index (χ4n) is 1.62. The smallest absolute Gasteiger partial charge is 0.273 e. The molecule has 2 aromatic rings. The van der Waals surface area contributed by atoms with Crippen LogP contribution in [-0.4, -0.2) is 0 Å². The molecule has 124 valence electrons. The summed E-state index contributed by atoms with van der Waals surface area (Å²) in [4.78, 5) is 0.